The van der Waals surface area contributed by atoms with Gasteiger partial charge in [0, 0.05) is 25.2 Å². The van der Waals surface area contributed by atoms with E-state index in [2.05, 4.69) is 28.1 Å². The minimum atomic E-state index is -0.0188. The van der Waals surface area contributed by atoms with Crippen molar-refractivity contribution in [3.8, 4) is 5.75 Å². The highest BCUT2D eigenvalue weighted by atomic mass is 79.9. The molecule has 1 amide bonds. The van der Waals surface area contributed by atoms with E-state index in [-0.39, 0.29) is 5.91 Å². The smallest absolute Gasteiger partial charge is 0.253 e. The summed E-state index contributed by atoms with van der Waals surface area (Å²) in [5.41, 5.74) is 7.50. The third kappa shape index (κ3) is 4.81. The molecular weight excluding hydrogens is 356 g/mol. The maximum absolute atomic E-state index is 12.7. The van der Waals surface area contributed by atoms with Crippen molar-refractivity contribution in [3.05, 3.63) is 64.1 Å². The first kappa shape index (κ1) is 17.5. The normalized spacial score (nSPS) is 10.4. The Balaban J connectivity index is 2.10. The first-order valence-corrected chi connectivity index (χ1v) is 8.32. The first-order valence-electron chi connectivity index (χ1n) is 7.52. The van der Waals surface area contributed by atoms with Crippen LogP contribution in [0.5, 0.6) is 5.75 Å². The molecule has 2 N–H and O–H groups in total. The van der Waals surface area contributed by atoms with Crippen LogP contribution in [0.4, 0.5) is 0 Å². The van der Waals surface area contributed by atoms with Crippen LogP contribution in [0.15, 0.2) is 53.0 Å². The van der Waals surface area contributed by atoms with Crippen LogP contribution in [0.2, 0.25) is 0 Å². The van der Waals surface area contributed by atoms with Crippen molar-refractivity contribution in [2.24, 2.45) is 5.73 Å². The number of hydrogen-bond acceptors (Lipinski definition) is 3. The highest BCUT2D eigenvalue weighted by molar-refractivity contribution is 9.10. The summed E-state index contributed by atoms with van der Waals surface area (Å²) in [5.74, 6) is 0.686. The maximum Gasteiger partial charge on any atom is 0.253 e. The number of nitrogens with zero attached hydrogens (tertiary/aromatic N) is 1. The molecule has 0 bridgehead atoms. The molecule has 0 fully saturated rings. The Morgan fingerprint density at radius 2 is 1.91 bits per heavy atom. The Kier molecular flexibility index (Phi) is 6.62. The average Bonchev–Trinajstić information content (AvgIpc) is 2.58. The molecule has 2 aromatic rings. The molecular formula is C18H21BrN2O2. The molecule has 23 heavy (non-hydrogen) atoms. The number of carbonyl (C=O) groups excluding carboxylic acids is 1. The summed E-state index contributed by atoms with van der Waals surface area (Å²) in [6.07, 6.45) is 0.809. The number of carbonyl (C=O) groups is 1. The molecule has 0 aliphatic rings. The van der Waals surface area contributed by atoms with Gasteiger partial charge in [-0.2, -0.15) is 0 Å². The quantitative estimate of drug-likeness (QED) is 0.807. The van der Waals surface area contributed by atoms with Gasteiger partial charge in [0.1, 0.15) is 5.75 Å². The summed E-state index contributed by atoms with van der Waals surface area (Å²) < 4.78 is 5.97. The molecule has 2 rings (SSSR count). The largest absolute Gasteiger partial charge is 0.496 e. The number of amides is 1. The fourth-order valence-electron chi connectivity index (χ4n) is 2.36. The van der Waals surface area contributed by atoms with Gasteiger partial charge in [-0.1, -0.05) is 30.3 Å². The van der Waals surface area contributed by atoms with Crippen LogP contribution in [-0.4, -0.2) is 37.6 Å². The molecule has 0 atom stereocenters. The predicted molar refractivity (Wildman–Crippen MR) is 95.8 cm³/mol. The Labute approximate surface area is 145 Å². The summed E-state index contributed by atoms with van der Waals surface area (Å²) in [5, 5.41) is 0. The molecule has 122 valence electrons. The third-order valence-electron chi connectivity index (χ3n) is 3.60. The van der Waals surface area contributed by atoms with Crippen LogP contribution in [0.25, 0.3) is 0 Å². The van der Waals surface area contributed by atoms with Crippen molar-refractivity contribution in [2.75, 3.05) is 26.7 Å². The lowest BCUT2D eigenvalue weighted by atomic mass is 10.1. The van der Waals surface area contributed by atoms with E-state index in [1.807, 2.05) is 18.2 Å². The topological polar surface area (TPSA) is 55.6 Å². The zero-order chi connectivity index (χ0) is 16.7. The summed E-state index contributed by atoms with van der Waals surface area (Å²) in [6, 6.07) is 15.5. The van der Waals surface area contributed by atoms with E-state index in [1.54, 1.807) is 30.2 Å². The van der Waals surface area contributed by atoms with Crippen molar-refractivity contribution in [1.29, 1.82) is 0 Å². The Morgan fingerprint density at radius 1 is 1.17 bits per heavy atom. The minimum absolute atomic E-state index is 0.0188. The molecule has 0 spiro atoms. The second kappa shape index (κ2) is 8.70. The summed E-state index contributed by atoms with van der Waals surface area (Å²) in [6.45, 7) is 1.62. The molecule has 4 nitrogen and oxygen atoms in total. The Morgan fingerprint density at radius 3 is 2.52 bits per heavy atom. The molecule has 0 saturated heterocycles. The lowest BCUT2D eigenvalue weighted by Crippen LogP contribution is -2.36. The molecule has 0 radical (unpaired) electrons. The monoisotopic (exact) mass is 376 g/mol. The van der Waals surface area contributed by atoms with Crippen LogP contribution in [-0.2, 0) is 6.42 Å². The minimum Gasteiger partial charge on any atom is -0.496 e. The van der Waals surface area contributed by atoms with Crippen molar-refractivity contribution in [1.82, 2.24) is 4.90 Å². The number of nitrogens with two attached hydrogens (primary N) is 1. The highest BCUT2D eigenvalue weighted by Gasteiger charge is 2.16. The number of halogens is 1. The number of methoxy groups -OCH3 is 1. The fraction of sp³-hybridized carbons (Fsp3) is 0.278. The zero-order valence-corrected chi connectivity index (χ0v) is 14.8. The molecule has 0 aliphatic heterocycles. The molecule has 5 heteroatoms. The number of benzene rings is 2. The lowest BCUT2D eigenvalue weighted by molar-refractivity contribution is 0.0762. The second-order valence-corrected chi connectivity index (χ2v) is 6.02. The van der Waals surface area contributed by atoms with Gasteiger partial charge in [0.25, 0.3) is 5.91 Å². The summed E-state index contributed by atoms with van der Waals surface area (Å²) in [4.78, 5) is 14.5. The van der Waals surface area contributed by atoms with Gasteiger partial charge >= 0.3 is 0 Å². The fourth-order valence-corrected chi connectivity index (χ4v) is 2.90. The van der Waals surface area contributed by atoms with E-state index in [4.69, 9.17) is 10.5 Å². The van der Waals surface area contributed by atoms with Crippen molar-refractivity contribution >= 4 is 21.8 Å². The van der Waals surface area contributed by atoms with Crippen molar-refractivity contribution < 1.29 is 9.53 Å². The van der Waals surface area contributed by atoms with Crippen LogP contribution >= 0.6 is 15.9 Å². The first-order chi connectivity index (χ1) is 11.2. The van der Waals surface area contributed by atoms with Gasteiger partial charge in [0.15, 0.2) is 0 Å². The van der Waals surface area contributed by atoms with Gasteiger partial charge < -0.3 is 15.4 Å². The van der Waals surface area contributed by atoms with E-state index in [0.717, 1.165) is 10.9 Å². The Hall–Kier alpha value is -1.85. The van der Waals surface area contributed by atoms with E-state index in [0.29, 0.717) is 30.9 Å². The molecule has 0 aromatic heterocycles. The number of ether oxygens (including phenoxy) is 1. The standard InChI is InChI=1S/C18H21BrN2O2/c1-23-17-8-7-15(13-16(17)19)18(22)21(12-10-20)11-9-14-5-3-2-4-6-14/h2-8,13H,9-12,20H2,1H3. The highest BCUT2D eigenvalue weighted by Crippen LogP contribution is 2.26. The van der Waals surface area contributed by atoms with Crippen LogP contribution in [0, 0.1) is 0 Å². The van der Waals surface area contributed by atoms with E-state index in [9.17, 15) is 4.79 Å². The number of hydrogen-bond donors (Lipinski definition) is 1. The summed E-state index contributed by atoms with van der Waals surface area (Å²) in [7, 11) is 1.60. The van der Waals surface area contributed by atoms with Gasteiger partial charge in [-0.25, -0.2) is 0 Å². The van der Waals surface area contributed by atoms with Gasteiger partial charge in [-0.05, 0) is 46.1 Å². The number of rotatable bonds is 7. The lowest BCUT2D eigenvalue weighted by Gasteiger charge is -2.22. The van der Waals surface area contributed by atoms with E-state index < -0.39 is 0 Å². The summed E-state index contributed by atoms with van der Waals surface area (Å²) >= 11 is 3.42. The van der Waals surface area contributed by atoms with Gasteiger partial charge in [0.05, 0.1) is 11.6 Å². The average molecular weight is 377 g/mol. The SMILES string of the molecule is COc1ccc(C(=O)N(CCN)CCc2ccccc2)cc1Br. The van der Waals surface area contributed by atoms with Crippen LogP contribution < -0.4 is 10.5 Å². The van der Waals surface area contributed by atoms with Gasteiger partial charge in [-0.15, -0.1) is 0 Å². The second-order valence-electron chi connectivity index (χ2n) is 5.17. The molecule has 0 heterocycles. The van der Waals surface area contributed by atoms with Crippen molar-refractivity contribution in [2.45, 2.75) is 6.42 Å². The zero-order valence-electron chi connectivity index (χ0n) is 13.2. The van der Waals surface area contributed by atoms with Crippen LogP contribution in [0.3, 0.4) is 0 Å². The predicted octanol–water partition coefficient (Wildman–Crippen LogP) is 3.10. The van der Waals surface area contributed by atoms with Crippen molar-refractivity contribution in [3.63, 3.8) is 0 Å². The third-order valence-corrected chi connectivity index (χ3v) is 4.22. The molecule has 0 unspecified atom stereocenters. The van der Waals surface area contributed by atoms with Gasteiger partial charge in [-0.3, -0.25) is 4.79 Å². The van der Waals surface area contributed by atoms with E-state index in [1.165, 1.54) is 5.56 Å². The molecule has 2 aromatic carbocycles. The maximum atomic E-state index is 12.7. The Bertz CT molecular complexity index is 647. The van der Waals surface area contributed by atoms with Gasteiger partial charge in [0.2, 0.25) is 0 Å². The van der Waals surface area contributed by atoms with E-state index >= 15 is 0 Å². The molecule has 0 aliphatic carbocycles. The molecule has 0 saturated carbocycles. The van der Waals surface area contributed by atoms with Crippen LogP contribution in [0.1, 0.15) is 15.9 Å².